The SMILES string of the molecule is C[C@@H]1S[C@@H]2[C@H](NC(=O)/C(=N\OC(C)(C)C(=O)O)c3csc(N)n3)C(=O)N2C(C(=O)O)=C1C[N+]12CCC[C@H]1CN(C(=O)C(=O)c1ccc(O)c(O)c1Cl)CC2. The molecule has 0 bridgehead atoms. The number of ketones is 1. The Morgan fingerprint density at radius 1 is 1.19 bits per heavy atom. The maximum Gasteiger partial charge on any atom is 0.352 e. The number of aromatic hydroxyl groups is 2. The van der Waals surface area contributed by atoms with Crippen LogP contribution in [0.4, 0.5) is 5.13 Å². The van der Waals surface area contributed by atoms with Gasteiger partial charge in [-0.05, 0) is 32.9 Å². The lowest BCUT2D eigenvalue weighted by atomic mass is 9.98. The normalized spacial score (nSPS) is 25.4. The zero-order chi connectivity index (χ0) is 39.4. The van der Waals surface area contributed by atoms with E-state index >= 15 is 0 Å². The molecule has 3 saturated heterocycles. The number of anilines is 1. The van der Waals surface area contributed by atoms with Crippen LogP contribution in [0.3, 0.4) is 0 Å². The van der Waals surface area contributed by atoms with Crippen LogP contribution in [0.15, 0.2) is 33.9 Å². The fourth-order valence-electron chi connectivity index (χ4n) is 7.19. The lowest BCUT2D eigenvalue weighted by molar-refractivity contribution is -0.938. The first kappa shape index (κ1) is 38.8. The molecule has 4 aliphatic heterocycles. The summed E-state index contributed by atoms with van der Waals surface area (Å²) in [6.07, 6.45) is 1.49. The van der Waals surface area contributed by atoms with Gasteiger partial charge in [0.1, 0.15) is 35.4 Å². The van der Waals surface area contributed by atoms with E-state index in [1.807, 2.05) is 6.92 Å². The zero-order valence-electron chi connectivity index (χ0n) is 29.1. The average molecular weight is 807 g/mol. The highest BCUT2D eigenvalue weighted by molar-refractivity contribution is 8.00. The summed E-state index contributed by atoms with van der Waals surface area (Å²) in [6.45, 7) is 6.05. The molecular weight excluding hydrogens is 770 g/mol. The number of quaternary nitrogens is 1. The van der Waals surface area contributed by atoms with Crippen LogP contribution in [0.1, 0.15) is 49.7 Å². The summed E-state index contributed by atoms with van der Waals surface area (Å²) in [6, 6.07) is 0.947. The molecule has 1 unspecified atom stereocenters. The number of hydrogen-bond donors (Lipinski definition) is 6. The molecule has 4 aliphatic rings. The van der Waals surface area contributed by atoms with E-state index in [1.165, 1.54) is 42.0 Å². The lowest BCUT2D eigenvalue weighted by Crippen LogP contribution is -2.72. The van der Waals surface area contributed by atoms with Gasteiger partial charge in [-0.15, -0.1) is 23.1 Å². The Kier molecular flexibility index (Phi) is 10.3. The van der Waals surface area contributed by atoms with Gasteiger partial charge in [0.25, 0.3) is 23.5 Å². The van der Waals surface area contributed by atoms with Crippen molar-refractivity contribution in [2.45, 2.75) is 61.9 Å². The minimum absolute atomic E-state index is 0.0124. The summed E-state index contributed by atoms with van der Waals surface area (Å²) >= 11 is 8.35. The molecule has 288 valence electrons. The van der Waals surface area contributed by atoms with E-state index in [4.69, 9.17) is 22.2 Å². The van der Waals surface area contributed by atoms with Crippen LogP contribution in [-0.4, -0.2) is 142 Å². The minimum atomic E-state index is -1.81. The molecule has 0 radical (unpaired) electrons. The van der Waals surface area contributed by atoms with Gasteiger partial charge in [0.05, 0.1) is 36.8 Å². The van der Waals surface area contributed by atoms with E-state index in [9.17, 15) is 49.2 Å². The van der Waals surface area contributed by atoms with E-state index in [0.717, 1.165) is 28.7 Å². The number of thioether (sulfide) groups is 1. The summed E-state index contributed by atoms with van der Waals surface area (Å²) in [5.74, 6) is -7.22. The Morgan fingerprint density at radius 3 is 2.56 bits per heavy atom. The van der Waals surface area contributed by atoms with Gasteiger partial charge in [-0.3, -0.25) is 24.1 Å². The third kappa shape index (κ3) is 6.82. The molecule has 1 aromatic carbocycles. The van der Waals surface area contributed by atoms with Crippen molar-refractivity contribution in [1.82, 2.24) is 20.1 Å². The lowest BCUT2D eigenvalue weighted by Gasteiger charge is -2.53. The number of carbonyl (C=O) groups is 6. The number of benzene rings is 1. The number of thiazole rings is 1. The number of nitrogen functional groups attached to an aromatic ring is 1. The van der Waals surface area contributed by atoms with Gasteiger partial charge in [0.15, 0.2) is 22.3 Å². The average Bonchev–Trinajstić information content (AvgIpc) is 3.75. The molecule has 0 aliphatic carbocycles. The Balaban J connectivity index is 1.20. The number of nitrogens with one attached hydrogen (secondary N) is 1. The number of phenolic OH excluding ortho intramolecular Hbond substituents is 2. The smallest absolute Gasteiger partial charge is 0.352 e. The molecule has 21 heteroatoms. The van der Waals surface area contributed by atoms with Crippen LogP contribution in [0.5, 0.6) is 11.5 Å². The van der Waals surface area contributed by atoms with Gasteiger partial charge >= 0.3 is 11.9 Å². The predicted octanol–water partition coefficient (Wildman–Crippen LogP) is 1.21. The highest BCUT2D eigenvalue weighted by atomic mass is 35.5. The van der Waals surface area contributed by atoms with E-state index in [-0.39, 0.29) is 47.8 Å². The van der Waals surface area contributed by atoms with Crippen LogP contribution in [0, 0.1) is 0 Å². The van der Waals surface area contributed by atoms with Crippen LogP contribution in [-0.2, 0) is 28.8 Å². The molecule has 3 amide bonds. The van der Waals surface area contributed by atoms with Crippen LogP contribution >= 0.6 is 34.7 Å². The number of nitrogens with two attached hydrogens (primary N) is 1. The number of aliphatic carboxylic acids is 2. The van der Waals surface area contributed by atoms with Crippen molar-refractivity contribution in [2.75, 3.05) is 38.5 Å². The first-order valence-corrected chi connectivity index (χ1v) is 18.9. The number of Topliss-reactive ketones (excluding diaryl/α,β-unsaturated/α-hetero) is 1. The van der Waals surface area contributed by atoms with Crippen LogP contribution < -0.4 is 11.1 Å². The number of carboxylic acids is 2. The molecule has 54 heavy (non-hydrogen) atoms. The minimum Gasteiger partial charge on any atom is -0.504 e. The largest absolute Gasteiger partial charge is 0.504 e. The van der Waals surface area contributed by atoms with E-state index in [0.29, 0.717) is 29.6 Å². The quantitative estimate of drug-likeness (QED) is 0.0355. The number of oxime groups is 1. The Morgan fingerprint density at radius 2 is 1.91 bits per heavy atom. The van der Waals surface area contributed by atoms with Crippen molar-refractivity contribution in [3.63, 3.8) is 0 Å². The number of carboxylic acid groups (broad SMARTS) is 2. The fraction of sp³-hybridized carbons (Fsp3) is 0.455. The van der Waals surface area contributed by atoms with Crippen molar-refractivity contribution < 1.29 is 58.5 Å². The number of rotatable bonds is 11. The third-order valence-corrected chi connectivity index (χ3v) is 12.8. The number of fused-ring (bicyclic) bond motifs is 2. The highest BCUT2D eigenvalue weighted by Gasteiger charge is 2.58. The summed E-state index contributed by atoms with van der Waals surface area (Å²) in [5.41, 5.74) is 3.60. The third-order valence-electron chi connectivity index (χ3n) is 10.2. The van der Waals surface area contributed by atoms with Crippen molar-refractivity contribution >= 4 is 81.0 Å². The topological polar surface area (TPSA) is 262 Å². The molecule has 5 heterocycles. The number of carbonyl (C=O) groups excluding carboxylic acids is 4. The molecule has 0 spiro atoms. The second kappa shape index (κ2) is 14.4. The molecule has 0 saturated carbocycles. The standard InChI is InChI=1S/C33H36ClN7O11S2/c1-14-17(12-41-9-4-5-15(41)11-39(8-10-41)28(47)24(43)16-6-7-19(42)25(44)20(16)34)23(30(48)49)40-27(46)22(29(40)54-14)37-26(45)21(18-13-53-32(35)36-18)38-52-33(2,3)31(50)51/h6-7,13-15,22,29H,4-5,8-12H2,1-3H3,(H6-,35,36,37,38,42,43,44,45,47,48,49,50,51)/p+1/t14-,15-,22+,29+,41?/m0/s1. The van der Waals surface area contributed by atoms with Crippen LogP contribution in [0.25, 0.3) is 0 Å². The molecule has 6 rings (SSSR count). The van der Waals surface area contributed by atoms with Gasteiger partial charge in [-0.25, -0.2) is 14.6 Å². The molecular formula is C33H37ClN7O11S2+. The molecule has 1 aromatic heterocycles. The number of β-lactam (4-membered cyclic amide) rings is 1. The first-order chi connectivity index (χ1) is 25.4. The predicted molar refractivity (Wildman–Crippen MR) is 194 cm³/mol. The number of piperazine rings is 1. The van der Waals surface area contributed by atoms with Crippen LogP contribution in [0.2, 0.25) is 5.02 Å². The Bertz CT molecular complexity index is 2040. The number of amides is 3. The van der Waals surface area contributed by atoms with E-state index in [2.05, 4.69) is 15.5 Å². The Labute approximate surface area is 320 Å². The maximum absolute atomic E-state index is 13.6. The van der Waals surface area contributed by atoms with Crippen molar-refractivity contribution in [3.8, 4) is 11.5 Å². The summed E-state index contributed by atoms with van der Waals surface area (Å²) in [7, 11) is 0. The van der Waals surface area contributed by atoms with Gasteiger partial charge in [0, 0.05) is 29.0 Å². The fourth-order valence-corrected chi connectivity index (χ4v) is 9.42. The number of nitrogens with zero attached hydrogens (tertiary/aromatic N) is 5. The summed E-state index contributed by atoms with van der Waals surface area (Å²) in [5, 5.41) is 45.8. The van der Waals surface area contributed by atoms with Gasteiger partial charge < -0.3 is 45.7 Å². The van der Waals surface area contributed by atoms with Crippen molar-refractivity contribution in [2.24, 2.45) is 5.16 Å². The Hall–Kier alpha value is -4.92. The number of hydrogen-bond acceptors (Lipinski definition) is 14. The second-order valence-corrected chi connectivity index (χ2v) is 16.6. The van der Waals surface area contributed by atoms with E-state index in [1.54, 1.807) is 0 Å². The van der Waals surface area contributed by atoms with E-state index < -0.39 is 79.9 Å². The molecule has 2 aromatic rings. The highest BCUT2D eigenvalue weighted by Crippen LogP contribution is 2.46. The molecule has 7 N–H and O–H groups in total. The zero-order valence-corrected chi connectivity index (χ0v) is 31.5. The summed E-state index contributed by atoms with van der Waals surface area (Å²) < 4.78 is 0.450. The van der Waals surface area contributed by atoms with Gasteiger partial charge in [-0.1, -0.05) is 16.8 Å². The summed E-state index contributed by atoms with van der Waals surface area (Å²) in [4.78, 5) is 89.9. The van der Waals surface area contributed by atoms with Gasteiger partial charge in [-0.2, -0.15) is 0 Å². The number of halogens is 1. The maximum atomic E-state index is 13.6. The first-order valence-electron chi connectivity index (χ1n) is 16.7. The van der Waals surface area contributed by atoms with Crippen molar-refractivity contribution in [3.05, 3.63) is 45.1 Å². The molecule has 5 atom stereocenters. The molecule has 18 nitrogen and oxygen atoms in total. The number of aromatic nitrogens is 1. The monoisotopic (exact) mass is 806 g/mol. The molecule has 3 fully saturated rings. The number of phenols is 2. The second-order valence-electron chi connectivity index (χ2n) is 13.9. The van der Waals surface area contributed by atoms with Gasteiger partial charge in [0.2, 0.25) is 5.60 Å². The van der Waals surface area contributed by atoms with Crippen molar-refractivity contribution in [1.29, 1.82) is 0 Å².